The monoisotopic (exact) mass is 235 g/mol. The van der Waals surface area contributed by atoms with Crippen LogP contribution in [0.3, 0.4) is 0 Å². The molecule has 1 radical (unpaired) electrons. The fourth-order valence-electron chi connectivity index (χ4n) is 0.365. The summed E-state index contributed by atoms with van der Waals surface area (Å²) in [7, 11) is 5.04. The summed E-state index contributed by atoms with van der Waals surface area (Å²) in [4.78, 5) is 0. The molecule has 0 bridgehead atoms. The summed E-state index contributed by atoms with van der Waals surface area (Å²) < 4.78 is 0. The van der Waals surface area contributed by atoms with E-state index in [1.165, 1.54) is 0 Å². The maximum Gasteiger partial charge on any atom is 0.00995 e. The van der Waals surface area contributed by atoms with Crippen molar-refractivity contribution in [3.05, 3.63) is 10.6 Å². The minimum absolute atomic E-state index is 0. The second-order valence-corrected chi connectivity index (χ2v) is 5.49. The van der Waals surface area contributed by atoms with Gasteiger partial charge in [0.25, 0.3) is 0 Å². The van der Waals surface area contributed by atoms with Crippen LogP contribution in [0.1, 0.15) is 0 Å². The molecule has 0 aliphatic heterocycles. The molecule has 61 valence electrons. The van der Waals surface area contributed by atoms with Crippen molar-refractivity contribution in [2.24, 2.45) is 0 Å². The molecule has 0 saturated heterocycles. The second-order valence-electron chi connectivity index (χ2n) is 2.34. The molecular weight excluding hydrogens is 217 g/mol. The molecule has 0 spiro atoms. The topological polar surface area (TPSA) is 28.2 Å². The Morgan fingerprint density at radius 3 is 1.40 bits per heavy atom. The molecule has 4 heteroatoms. The first-order chi connectivity index (χ1) is 4.18. The van der Waals surface area contributed by atoms with E-state index in [0.717, 1.165) is 6.17 Å². The SMILES string of the molecule is C[N-]C.C[N-]C[SiH](C)C.[Y]. The third-order valence-corrected chi connectivity index (χ3v) is 1.64. The maximum absolute atomic E-state index is 4.00. The number of hydrogen-bond acceptors (Lipinski definition) is 0. The van der Waals surface area contributed by atoms with Crippen LogP contribution in [0.2, 0.25) is 13.1 Å². The van der Waals surface area contributed by atoms with Gasteiger partial charge < -0.3 is 10.6 Å². The third kappa shape index (κ3) is 34.9. The summed E-state index contributed by atoms with van der Waals surface area (Å²) in [5.74, 6) is 0. The van der Waals surface area contributed by atoms with Gasteiger partial charge in [-0.15, -0.1) is 0 Å². The molecule has 0 rings (SSSR count). The standard InChI is InChI=1S/C4H12NSi.C2H6N.Y/c1-5-4-6(2)3;1-3-2;/h6H,4H2,1-3H3;1-2H3;/q2*-1;. The van der Waals surface area contributed by atoms with Crippen molar-refractivity contribution in [2.75, 3.05) is 27.3 Å². The predicted molar refractivity (Wildman–Crippen MR) is 48.2 cm³/mol. The Morgan fingerprint density at radius 2 is 1.40 bits per heavy atom. The van der Waals surface area contributed by atoms with Gasteiger partial charge in [-0.1, -0.05) is 13.1 Å². The molecule has 0 unspecified atom stereocenters. The molecule has 0 fully saturated rings. The molecular formula is C6H18N2SiY-2. The maximum atomic E-state index is 4.00. The molecule has 0 saturated carbocycles. The van der Waals surface area contributed by atoms with E-state index in [4.69, 9.17) is 0 Å². The normalized spacial score (nSPS) is 7.80. The van der Waals surface area contributed by atoms with Crippen LogP contribution < -0.4 is 0 Å². The number of rotatable bonds is 2. The first kappa shape index (κ1) is 17.4. The summed E-state index contributed by atoms with van der Waals surface area (Å²) in [5.41, 5.74) is 0. The van der Waals surface area contributed by atoms with E-state index >= 15 is 0 Å². The Bertz CT molecular complexity index is 44.7. The van der Waals surface area contributed by atoms with E-state index in [-0.39, 0.29) is 41.5 Å². The second kappa shape index (κ2) is 16.7. The Balaban J connectivity index is -0.000000107. The van der Waals surface area contributed by atoms with Crippen LogP contribution in [0.15, 0.2) is 0 Å². The zero-order valence-electron chi connectivity index (χ0n) is 7.76. The van der Waals surface area contributed by atoms with Crippen LogP contribution in [0, 0.1) is 0 Å². The van der Waals surface area contributed by atoms with Crippen molar-refractivity contribution in [2.45, 2.75) is 13.1 Å². The minimum atomic E-state index is -0.337. The molecule has 0 aromatic rings. The van der Waals surface area contributed by atoms with Crippen LogP contribution >= 0.6 is 0 Å². The Labute approximate surface area is 92.0 Å². The Morgan fingerprint density at radius 1 is 1.10 bits per heavy atom. The third-order valence-electron chi connectivity index (χ3n) is 0.548. The van der Waals surface area contributed by atoms with E-state index in [2.05, 4.69) is 23.7 Å². The van der Waals surface area contributed by atoms with Crippen LogP contribution in [0.4, 0.5) is 0 Å². The van der Waals surface area contributed by atoms with Crippen molar-refractivity contribution in [3.63, 3.8) is 0 Å². The molecule has 0 atom stereocenters. The van der Waals surface area contributed by atoms with E-state index in [9.17, 15) is 0 Å². The van der Waals surface area contributed by atoms with E-state index in [1.807, 2.05) is 7.05 Å². The average Bonchev–Trinajstić information content (AvgIpc) is 1.67. The van der Waals surface area contributed by atoms with Gasteiger partial charge in [-0.2, -0.15) is 27.3 Å². The zero-order valence-corrected chi connectivity index (χ0v) is 11.7. The smallest absolute Gasteiger partial charge is 0.00995 e. The average molecular weight is 235 g/mol. The summed E-state index contributed by atoms with van der Waals surface area (Å²) in [6, 6.07) is 0. The van der Waals surface area contributed by atoms with Gasteiger partial charge in [-0.05, 0) is 0 Å². The van der Waals surface area contributed by atoms with Gasteiger partial charge in [0.2, 0.25) is 0 Å². The largest absolute Gasteiger partial charge is 0.668 e. The Kier molecular flexibility index (Phi) is 29.0. The molecule has 2 nitrogen and oxygen atoms in total. The first-order valence-electron chi connectivity index (χ1n) is 3.22. The van der Waals surface area contributed by atoms with Crippen LogP contribution in [0.5, 0.6) is 0 Å². The van der Waals surface area contributed by atoms with Gasteiger partial charge >= 0.3 is 0 Å². The fraction of sp³-hybridized carbons (Fsp3) is 1.00. The predicted octanol–water partition coefficient (Wildman–Crippen LogP) is 1.63. The van der Waals surface area contributed by atoms with E-state index in [0.29, 0.717) is 0 Å². The molecule has 10 heavy (non-hydrogen) atoms. The van der Waals surface area contributed by atoms with Crippen molar-refractivity contribution in [3.8, 4) is 0 Å². The first-order valence-corrected chi connectivity index (χ1v) is 6.35. The van der Waals surface area contributed by atoms with Crippen molar-refractivity contribution in [1.29, 1.82) is 0 Å². The van der Waals surface area contributed by atoms with Crippen LogP contribution in [-0.4, -0.2) is 36.1 Å². The van der Waals surface area contributed by atoms with Gasteiger partial charge in [0.05, 0.1) is 0 Å². The quantitative estimate of drug-likeness (QED) is 0.651. The number of nitrogens with zero attached hydrogens (tertiary/aromatic N) is 2. The molecule has 0 heterocycles. The number of hydrogen-bond donors (Lipinski definition) is 0. The molecule has 0 aromatic carbocycles. The molecule has 0 aliphatic rings. The van der Waals surface area contributed by atoms with Crippen molar-refractivity contribution >= 4 is 8.80 Å². The fourth-order valence-corrected chi connectivity index (χ4v) is 1.10. The Hall–Kier alpha value is 1.24. The summed E-state index contributed by atoms with van der Waals surface area (Å²) in [6.07, 6.45) is 1.14. The van der Waals surface area contributed by atoms with E-state index < -0.39 is 0 Å². The summed E-state index contributed by atoms with van der Waals surface area (Å²) >= 11 is 0. The van der Waals surface area contributed by atoms with E-state index in [1.54, 1.807) is 14.1 Å². The molecule has 0 aliphatic carbocycles. The van der Waals surface area contributed by atoms with Gasteiger partial charge in [0, 0.05) is 41.5 Å². The zero-order chi connectivity index (χ0) is 7.70. The minimum Gasteiger partial charge on any atom is -0.668 e. The van der Waals surface area contributed by atoms with Crippen molar-refractivity contribution in [1.82, 2.24) is 0 Å². The van der Waals surface area contributed by atoms with Gasteiger partial charge in [0.1, 0.15) is 0 Å². The van der Waals surface area contributed by atoms with Gasteiger partial charge in [0.15, 0.2) is 0 Å². The summed E-state index contributed by atoms with van der Waals surface area (Å²) in [5, 5.41) is 7.50. The molecule has 0 amide bonds. The van der Waals surface area contributed by atoms with Gasteiger partial charge in [-0.25, -0.2) is 0 Å². The van der Waals surface area contributed by atoms with Crippen LogP contribution in [-0.2, 0) is 32.7 Å². The van der Waals surface area contributed by atoms with Crippen LogP contribution in [0.25, 0.3) is 10.6 Å². The van der Waals surface area contributed by atoms with Gasteiger partial charge in [-0.3, -0.25) is 0 Å². The molecule has 0 N–H and O–H groups in total. The molecule has 0 aromatic heterocycles. The van der Waals surface area contributed by atoms with Crippen molar-refractivity contribution < 1.29 is 32.7 Å². The summed E-state index contributed by atoms with van der Waals surface area (Å²) in [6.45, 7) is 4.60.